The zero-order chi connectivity index (χ0) is 34.4. The van der Waals surface area contributed by atoms with E-state index in [0.717, 1.165) is 50.1 Å². The molecule has 0 unspecified atom stereocenters. The Morgan fingerprint density at radius 2 is 0.923 bits per heavy atom. The Morgan fingerprint density at radius 3 is 1.71 bits per heavy atom. The Labute approximate surface area is 302 Å². The van der Waals surface area contributed by atoms with Crippen molar-refractivity contribution in [1.29, 1.82) is 0 Å². The van der Waals surface area contributed by atoms with E-state index in [-0.39, 0.29) is 0 Å². The largest absolute Gasteiger partial charge is 0.455 e. The molecule has 0 fully saturated rings. The molecule has 0 atom stereocenters. The third kappa shape index (κ3) is 5.12. The molecule has 0 aliphatic heterocycles. The second-order valence-electron chi connectivity index (χ2n) is 13.3. The fourth-order valence-corrected chi connectivity index (χ4v) is 7.76. The van der Waals surface area contributed by atoms with Gasteiger partial charge in [-0.15, -0.1) is 0 Å². The first kappa shape index (κ1) is 30.0. The Balaban J connectivity index is 1.11. The Morgan fingerprint density at radius 1 is 0.327 bits per heavy atom. The lowest BCUT2D eigenvalue weighted by Crippen LogP contribution is -2.10. The van der Waals surface area contributed by atoms with E-state index in [0.29, 0.717) is 0 Å². The van der Waals surface area contributed by atoms with E-state index in [4.69, 9.17) is 4.42 Å². The number of hydrogen-bond donors (Lipinski definition) is 0. The van der Waals surface area contributed by atoms with Gasteiger partial charge in [-0.2, -0.15) is 0 Å². The van der Waals surface area contributed by atoms with Crippen LogP contribution in [0.2, 0.25) is 0 Å². The van der Waals surface area contributed by atoms with Crippen molar-refractivity contribution < 1.29 is 4.42 Å². The number of anilines is 3. The summed E-state index contributed by atoms with van der Waals surface area (Å²) in [5.74, 6) is 0. The highest BCUT2D eigenvalue weighted by atomic mass is 16.3. The maximum Gasteiger partial charge on any atom is 0.143 e. The minimum Gasteiger partial charge on any atom is -0.455 e. The first-order chi connectivity index (χ1) is 25.8. The summed E-state index contributed by atoms with van der Waals surface area (Å²) in [5.41, 5.74) is 12.1. The summed E-state index contributed by atoms with van der Waals surface area (Å²) < 4.78 is 6.58. The molecule has 9 aromatic carbocycles. The third-order valence-electron chi connectivity index (χ3n) is 10.2. The molecule has 2 nitrogen and oxygen atoms in total. The lowest BCUT2D eigenvalue weighted by atomic mass is 9.95. The van der Waals surface area contributed by atoms with Crippen molar-refractivity contribution in [3.63, 3.8) is 0 Å². The maximum atomic E-state index is 6.58. The molecule has 0 N–H and O–H groups in total. The normalized spacial score (nSPS) is 11.5. The van der Waals surface area contributed by atoms with Crippen LogP contribution in [0.1, 0.15) is 0 Å². The fraction of sp³-hybridized carbons (Fsp3) is 0. The molecule has 2 heteroatoms. The minimum absolute atomic E-state index is 0.905. The molecule has 244 valence electrons. The van der Waals surface area contributed by atoms with Crippen molar-refractivity contribution in [3.05, 3.63) is 200 Å². The van der Waals surface area contributed by atoms with Gasteiger partial charge in [-0.3, -0.25) is 0 Å². The van der Waals surface area contributed by atoms with E-state index >= 15 is 0 Å². The number of furan rings is 1. The van der Waals surface area contributed by atoms with E-state index in [1.807, 2.05) is 6.07 Å². The van der Waals surface area contributed by atoms with Crippen LogP contribution in [0.3, 0.4) is 0 Å². The van der Waals surface area contributed by atoms with Crippen LogP contribution < -0.4 is 4.90 Å². The maximum absolute atomic E-state index is 6.58. The van der Waals surface area contributed by atoms with Crippen molar-refractivity contribution in [1.82, 2.24) is 0 Å². The van der Waals surface area contributed by atoms with Crippen LogP contribution in [0.25, 0.3) is 76.9 Å². The van der Waals surface area contributed by atoms with Gasteiger partial charge in [0.25, 0.3) is 0 Å². The topological polar surface area (TPSA) is 16.4 Å². The van der Waals surface area contributed by atoms with E-state index < -0.39 is 0 Å². The van der Waals surface area contributed by atoms with E-state index in [1.54, 1.807) is 0 Å². The molecule has 10 aromatic rings. The van der Waals surface area contributed by atoms with Crippen LogP contribution in [0.15, 0.2) is 205 Å². The Bertz CT molecular complexity index is 2880. The summed E-state index contributed by atoms with van der Waals surface area (Å²) in [7, 11) is 0. The van der Waals surface area contributed by atoms with Crippen molar-refractivity contribution in [2.75, 3.05) is 4.90 Å². The molecule has 0 radical (unpaired) electrons. The molecule has 0 saturated carbocycles. The minimum atomic E-state index is 0.905. The fourth-order valence-electron chi connectivity index (χ4n) is 7.76. The van der Waals surface area contributed by atoms with E-state index in [1.165, 1.54) is 43.8 Å². The first-order valence-electron chi connectivity index (χ1n) is 17.8. The lowest BCUT2D eigenvalue weighted by Gasteiger charge is -2.26. The van der Waals surface area contributed by atoms with Gasteiger partial charge >= 0.3 is 0 Å². The molecule has 0 aliphatic rings. The zero-order valence-electron chi connectivity index (χ0n) is 28.4. The smallest absolute Gasteiger partial charge is 0.143 e. The van der Waals surface area contributed by atoms with Crippen molar-refractivity contribution in [3.8, 4) is 33.4 Å². The zero-order valence-corrected chi connectivity index (χ0v) is 28.4. The third-order valence-corrected chi connectivity index (χ3v) is 10.2. The Kier molecular flexibility index (Phi) is 7.18. The highest BCUT2D eigenvalue weighted by molar-refractivity contribution is 6.18. The van der Waals surface area contributed by atoms with Gasteiger partial charge in [-0.25, -0.2) is 0 Å². The quantitative estimate of drug-likeness (QED) is 0.176. The summed E-state index contributed by atoms with van der Waals surface area (Å²) in [6.07, 6.45) is 0. The number of para-hydroxylation sites is 1. The van der Waals surface area contributed by atoms with Crippen molar-refractivity contribution in [2.45, 2.75) is 0 Å². The van der Waals surface area contributed by atoms with Gasteiger partial charge in [-0.05, 0) is 97.9 Å². The van der Waals surface area contributed by atoms with Gasteiger partial charge in [0.15, 0.2) is 0 Å². The molecule has 10 rings (SSSR count). The van der Waals surface area contributed by atoms with Crippen LogP contribution in [-0.2, 0) is 0 Å². The second kappa shape index (κ2) is 12.5. The number of rotatable bonds is 6. The highest BCUT2D eigenvalue weighted by Gasteiger charge is 2.18. The standard InChI is InChI=1S/C50H33NO/c1-2-12-34(13-3-1)38-17-10-18-42(32-38)51(40-28-24-36(25-29-40)44-22-11-16-35-14-4-6-19-43(35)44)41-30-26-37(27-31-41)49-45-20-7-5-15-39(45)33-47-46-21-8-9-23-48(46)52-50(47)49/h1-33H. The summed E-state index contributed by atoms with van der Waals surface area (Å²) >= 11 is 0. The monoisotopic (exact) mass is 663 g/mol. The summed E-state index contributed by atoms with van der Waals surface area (Å²) in [5, 5.41) is 7.16. The average Bonchev–Trinajstić information content (AvgIpc) is 3.59. The number of benzene rings is 9. The molecular formula is C50H33NO. The van der Waals surface area contributed by atoms with Gasteiger partial charge < -0.3 is 9.32 Å². The molecule has 1 heterocycles. The second-order valence-corrected chi connectivity index (χ2v) is 13.3. The predicted molar refractivity (Wildman–Crippen MR) is 220 cm³/mol. The number of fused-ring (bicyclic) bond motifs is 5. The predicted octanol–water partition coefficient (Wildman–Crippen LogP) is 14.4. The molecule has 0 bridgehead atoms. The van der Waals surface area contributed by atoms with E-state index in [2.05, 4.69) is 199 Å². The van der Waals surface area contributed by atoms with Gasteiger partial charge in [-0.1, -0.05) is 152 Å². The van der Waals surface area contributed by atoms with E-state index in [9.17, 15) is 0 Å². The molecule has 1 aromatic heterocycles. The van der Waals surface area contributed by atoms with Crippen molar-refractivity contribution in [2.24, 2.45) is 0 Å². The summed E-state index contributed by atoms with van der Waals surface area (Å²) in [6.45, 7) is 0. The molecule has 52 heavy (non-hydrogen) atoms. The molecule has 0 spiro atoms. The molecular weight excluding hydrogens is 631 g/mol. The van der Waals surface area contributed by atoms with Crippen LogP contribution in [0, 0.1) is 0 Å². The molecule has 0 saturated heterocycles. The summed E-state index contributed by atoms with van der Waals surface area (Å²) in [6, 6.07) is 71.6. The lowest BCUT2D eigenvalue weighted by molar-refractivity contribution is 0.670. The van der Waals surface area contributed by atoms with Crippen LogP contribution in [0.4, 0.5) is 17.1 Å². The van der Waals surface area contributed by atoms with Gasteiger partial charge in [0.05, 0.1) is 0 Å². The average molecular weight is 664 g/mol. The van der Waals surface area contributed by atoms with Crippen LogP contribution in [0.5, 0.6) is 0 Å². The van der Waals surface area contributed by atoms with Gasteiger partial charge in [0.2, 0.25) is 0 Å². The summed E-state index contributed by atoms with van der Waals surface area (Å²) in [4.78, 5) is 2.35. The van der Waals surface area contributed by atoms with Crippen LogP contribution >= 0.6 is 0 Å². The SMILES string of the molecule is c1ccc(-c2cccc(N(c3ccc(-c4cccc5ccccc45)cc3)c3ccc(-c4c5ccccc5cc5c4oc4ccccc45)cc3)c2)cc1. The highest BCUT2D eigenvalue weighted by Crippen LogP contribution is 2.43. The van der Waals surface area contributed by atoms with Gasteiger partial charge in [0.1, 0.15) is 11.2 Å². The number of nitrogens with zero attached hydrogens (tertiary/aromatic N) is 1. The molecule has 0 aliphatic carbocycles. The Hall–Kier alpha value is -6.90. The first-order valence-corrected chi connectivity index (χ1v) is 17.8. The van der Waals surface area contributed by atoms with Gasteiger partial charge in [0, 0.05) is 33.4 Å². The molecule has 0 amide bonds. The van der Waals surface area contributed by atoms with Crippen molar-refractivity contribution >= 4 is 60.5 Å². The number of hydrogen-bond acceptors (Lipinski definition) is 2. The van der Waals surface area contributed by atoms with Crippen LogP contribution in [-0.4, -0.2) is 0 Å².